The molecule has 1 aromatic rings. The summed E-state index contributed by atoms with van der Waals surface area (Å²) < 4.78 is 5.43. The van der Waals surface area contributed by atoms with Crippen LogP contribution in [-0.2, 0) is 10.2 Å². The van der Waals surface area contributed by atoms with Gasteiger partial charge in [-0.3, -0.25) is 0 Å². The van der Waals surface area contributed by atoms with Gasteiger partial charge in [0, 0.05) is 13.2 Å². The summed E-state index contributed by atoms with van der Waals surface area (Å²) in [7, 11) is 0. The van der Waals surface area contributed by atoms with Crippen LogP contribution in [0, 0.1) is 16.7 Å². The van der Waals surface area contributed by atoms with Crippen LogP contribution in [0.2, 0.25) is 0 Å². The van der Waals surface area contributed by atoms with Gasteiger partial charge in [0.1, 0.15) is 0 Å². The molecule has 0 N–H and O–H groups in total. The van der Waals surface area contributed by atoms with Gasteiger partial charge in [-0.1, -0.05) is 30.3 Å². The molecule has 1 aliphatic carbocycles. The maximum atomic E-state index is 9.52. The monoisotopic (exact) mass is 227 g/mol. The molecule has 2 heteroatoms. The molecule has 1 aliphatic heterocycles. The standard InChI is InChI=1S/C15H17NO/c16-12-15(13-4-2-1-3-5-13)10-14(11-15)6-8-17-9-7-14/h1-5H,6-11H2. The molecular weight excluding hydrogens is 210 g/mol. The Morgan fingerprint density at radius 3 is 2.29 bits per heavy atom. The Bertz CT molecular complexity index is 432. The van der Waals surface area contributed by atoms with Gasteiger partial charge in [0.25, 0.3) is 0 Å². The molecule has 1 saturated carbocycles. The van der Waals surface area contributed by atoms with Gasteiger partial charge in [0.2, 0.25) is 0 Å². The molecule has 0 bridgehead atoms. The highest BCUT2D eigenvalue weighted by atomic mass is 16.5. The lowest BCUT2D eigenvalue weighted by Crippen LogP contribution is -2.51. The number of nitrogens with zero attached hydrogens (tertiary/aromatic N) is 1. The van der Waals surface area contributed by atoms with Crippen molar-refractivity contribution in [1.82, 2.24) is 0 Å². The second-order valence-corrected chi connectivity index (χ2v) is 5.53. The van der Waals surface area contributed by atoms with Crippen molar-refractivity contribution in [3.63, 3.8) is 0 Å². The van der Waals surface area contributed by atoms with Crippen molar-refractivity contribution in [2.24, 2.45) is 5.41 Å². The van der Waals surface area contributed by atoms with Crippen molar-refractivity contribution in [2.75, 3.05) is 13.2 Å². The van der Waals surface area contributed by atoms with Gasteiger partial charge >= 0.3 is 0 Å². The third-order valence-electron chi connectivity index (χ3n) is 4.45. The maximum absolute atomic E-state index is 9.52. The van der Waals surface area contributed by atoms with Crippen molar-refractivity contribution >= 4 is 0 Å². The minimum Gasteiger partial charge on any atom is -0.381 e. The normalized spacial score (nSPS) is 24.9. The third kappa shape index (κ3) is 1.66. The number of rotatable bonds is 1. The van der Waals surface area contributed by atoms with Crippen molar-refractivity contribution in [3.05, 3.63) is 35.9 Å². The Labute approximate surface area is 102 Å². The van der Waals surface area contributed by atoms with E-state index in [0.29, 0.717) is 5.41 Å². The largest absolute Gasteiger partial charge is 0.381 e. The highest BCUT2D eigenvalue weighted by Crippen LogP contribution is 2.59. The van der Waals surface area contributed by atoms with Crippen LogP contribution in [0.4, 0.5) is 0 Å². The van der Waals surface area contributed by atoms with Crippen molar-refractivity contribution in [3.8, 4) is 6.07 Å². The van der Waals surface area contributed by atoms with Crippen LogP contribution in [0.5, 0.6) is 0 Å². The quantitative estimate of drug-likeness (QED) is 0.738. The Kier molecular flexibility index (Phi) is 2.45. The second kappa shape index (κ2) is 3.85. The average molecular weight is 227 g/mol. The van der Waals surface area contributed by atoms with E-state index in [1.54, 1.807) is 0 Å². The number of benzene rings is 1. The van der Waals surface area contributed by atoms with Crippen LogP contribution in [0.1, 0.15) is 31.2 Å². The number of nitriles is 1. The summed E-state index contributed by atoms with van der Waals surface area (Å²) in [6.45, 7) is 1.74. The van der Waals surface area contributed by atoms with E-state index in [0.717, 1.165) is 38.9 Å². The minimum absolute atomic E-state index is 0.224. The molecule has 17 heavy (non-hydrogen) atoms. The Morgan fingerprint density at radius 1 is 1.06 bits per heavy atom. The van der Waals surface area contributed by atoms with E-state index < -0.39 is 0 Å². The van der Waals surface area contributed by atoms with Gasteiger partial charge in [-0.15, -0.1) is 0 Å². The fraction of sp³-hybridized carbons (Fsp3) is 0.533. The van der Waals surface area contributed by atoms with E-state index in [4.69, 9.17) is 4.74 Å². The van der Waals surface area contributed by atoms with E-state index in [1.165, 1.54) is 5.56 Å². The average Bonchev–Trinajstić information content (AvgIpc) is 2.37. The fourth-order valence-corrected chi connectivity index (χ4v) is 3.49. The zero-order valence-electron chi connectivity index (χ0n) is 9.98. The van der Waals surface area contributed by atoms with Crippen molar-refractivity contribution in [2.45, 2.75) is 31.1 Å². The number of hydrogen-bond acceptors (Lipinski definition) is 2. The molecule has 1 saturated heterocycles. The minimum atomic E-state index is -0.224. The molecule has 0 radical (unpaired) electrons. The van der Waals surface area contributed by atoms with Crippen LogP contribution < -0.4 is 0 Å². The number of hydrogen-bond donors (Lipinski definition) is 0. The van der Waals surface area contributed by atoms with E-state index in [9.17, 15) is 5.26 Å². The first kappa shape index (κ1) is 10.8. The Morgan fingerprint density at radius 2 is 1.71 bits per heavy atom. The zero-order valence-corrected chi connectivity index (χ0v) is 9.98. The predicted molar refractivity (Wildman–Crippen MR) is 65.5 cm³/mol. The van der Waals surface area contributed by atoms with Crippen LogP contribution in [0.25, 0.3) is 0 Å². The third-order valence-corrected chi connectivity index (χ3v) is 4.45. The summed E-state index contributed by atoms with van der Waals surface area (Å²) in [5.74, 6) is 0. The molecule has 2 aliphatic rings. The van der Waals surface area contributed by atoms with E-state index in [1.807, 2.05) is 18.2 Å². The van der Waals surface area contributed by atoms with Gasteiger partial charge < -0.3 is 4.74 Å². The van der Waals surface area contributed by atoms with Gasteiger partial charge in [0.15, 0.2) is 0 Å². The lowest BCUT2D eigenvalue weighted by Gasteiger charge is -2.55. The molecule has 0 aromatic heterocycles. The lowest BCUT2D eigenvalue weighted by atomic mass is 9.48. The first-order valence-electron chi connectivity index (χ1n) is 6.33. The molecule has 0 amide bonds. The van der Waals surface area contributed by atoms with Crippen LogP contribution in [0.15, 0.2) is 30.3 Å². The number of ether oxygens (including phenoxy) is 1. The van der Waals surface area contributed by atoms with Gasteiger partial charge in [-0.05, 0) is 36.7 Å². The fourth-order valence-electron chi connectivity index (χ4n) is 3.49. The summed E-state index contributed by atoms with van der Waals surface area (Å²) >= 11 is 0. The van der Waals surface area contributed by atoms with E-state index in [2.05, 4.69) is 18.2 Å². The molecule has 0 atom stereocenters. The lowest BCUT2D eigenvalue weighted by molar-refractivity contribution is -0.0578. The molecule has 1 spiro atoms. The van der Waals surface area contributed by atoms with Gasteiger partial charge in [-0.25, -0.2) is 0 Å². The van der Waals surface area contributed by atoms with Crippen molar-refractivity contribution in [1.29, 1.82) is 5.26 Å². The molecule has 0 unspecified atom stereocenters. The molecule has 3 rings (SSSR count). The van der Waals surface area contributed by atoms with Gasteiger partial charge in [-0.2, -0.15) is 5.26 Å². The zero-order chi connectivity index (χ0) is 11.8. The Hall–Kier alpha value is -1.33. The molecule has 1 aromatic carbocycles. The molecule has 1 heterocycles. The van der Waals surface area contributed by atoms with Gasteiger partial charge in [0.05, 0.1) is 11.5 Å². The first-order chi connectivity index (χ1) is 8.29. The molecule has 2 fully saturated rings. The molecule has 2 nitrogen and oxygen atoms in total. The summed E-state index contributed by atoms with van der Waals surface area (Å²) in [5.41, 5.74) is 1.36. The summed E-state index contributed by atoms with van der Waals surface area (Å²) in [6.07, 6.45) is 4.29. The summed E-state index contributed by atoms with van der Waals surface area (Å²) in [5, 5.41) is 9.52. The van der Waals surface area contributed by atoms with Crippen LogP contribution in [-0.4, -0.2) is 13.2 Å². The highest BCUT2D eigenvalue weighted by molar-refractivity contribution is 5.37. The SMILES string of the molecule is N#CC1(c2ccccc2)CC2(CCOCC2)C1. The van der Waals surface area contributed by atoms with E-state index >= 15 is 0 Å². The van der Waals surface area contributed by atoms with E-state index in [-0.39, 0.29) is 5.41 Å². The Balaban J connectivity index is 1.82. The first-order valence-corrected chi connectivity index (χ1v) is 6.33. The van der Waals surface area contributed by atoms with Crippen LogP contribution >= 0.6 is 0 Å². The van der Waals surface area contributed by atoms with Crippen molar-refractivity contribution < 1.29 is 4.74 Å². The topological polar surface area (TPSA) is 33.0 Å². The summed E-state index contributed by atoms with van der Waals surface area (Å²) in [4.78, 5) is 0. The predicted octanol–water partition coefficient (Wildman–Crippen LogP) is 3.04. The smallest absolute Gasteiger partial charge is 0.0833 e. The second-order valence-electron chi connectivity index (χ2n) is 5.53. The van der Waals surface area contributed by atoms with Crippen LogP contribution in [0.3, 0.4) is 0 Å². The highest BCUT2D eigenvalue weighted by Gasteiger charge is 2.55. The molecule has 88 valence electrons. The maximum Gasteiger partial charge on any atom is 0.0833 e. The summed E-state index contributed by atoms with van der Waals surface area (Å²) in [6, 6.07) is 12.8. The molecular formula is C15H17NO.